The second-order valence-electron chi connectivity index (χ2n) is 5.26. The van der Waals surface area contributed by atoms with E-state index in [2.05, 4.69) is 22.9 Å². The molecule has 0 N–H and O–H groups in total. The lowest BCUT2D eigenvalue weighted by Crippen LogP contribution is -2.30. The molecule has 7 heteroatoms. The third kappa shape index (κ3) is 4.27. The summed E-state index contributed by atoms with van der Waals surface area (Å²) in [6.07, 6.45) is 5.26. The summed E-state index contributed by atoms with van der Waals surface area (Å²) in [4.78, 5) is -0.0797. The van der Waals surface area contributed by atoms with Crippen LogP contribution in [0.2, 0.25) is 5.02 Å². The van der Waals surface area contributed by atoms with Gasteiger partial charge in [0, 0.05) is 15.2 Å². The Morgan fingerprint density at radius 1 is 1.33 bits per heavy atom. The van der Waals surface area contributed by atoms with Gasteiger partial charge in [0.2, 0.25) is 0 Å². The van der Waals surface area contributed by atoms with Crippen molar-refractivity contribution in [1.82, 2.24) is 0 Å². The fourth-order valence-corrected chi connectivity index (χ4v) is 4.83. The van der Waals surface area contributed by atoms with Crippen LogP contribution in [0.4, 0.5) is 0 Å². The molecule has 0 aliphatic heterocycles. The maximum absolute atomic E-state index is 11.8. The number of hydrogen-bond acceptors (Lipinski definition) is 3. The average Bonchev–Trinajstić information content (AvgIpc) is 2.40. The molecule has 0 heterocycles. The van der Waals surface area contributed by atoms with E-state index in [1.807, 2.05) is 0 Å². The van der Waals surface area contributed by atoms with Gasteiger partial charge < -0.3 is 4.74 Å². The minimum absolute atomic E-state index is 0.0143. The lowest BCUT2D eigenvalue weighted by atomic mass is 9.85. The van der Waals surface area contributed by atoms with E-state index in [4.69, 9.17) is 27.0 Å². The summed E-state index contributed by atoms with van der Waals surface area (Å²) in [7, 11) is 1.59. The summed E-state index contributed by atoms with van der Waals surface area (Å²) in [5, 5.41) is 0.254. The van der Waals surface area contributed by atoms with Crippen molar-refractivity contribution in [3.8, 4) is 5.75 Å². The van der Waals surface area contributed by atoms with Crippen LogP contribution in [0.5, 0.6) is 5.75 Å². The van der Waals surface area contributed by atoms with Crippen molar-refractivity contribution in [2.75, 3.05) is 0 Å². The van der Waals surface area contributed by atoms with E-state index in [1.54, 1.807) is 6.07 Å². The zero-order chi connectivity index (χ0) is 15.6. The topological polar surface area (TPSA) is 43.4 Å². The highest BCUT2D eigenvalue weighted by atomic mass is 79.9. The van der Waals surface area contributed by atoms with E-state index < -0.39 is 9.05 Å². The molecule has 1 aliphatic rings. The fourth-order valence-electron chi connectivity index (χ4n) is 2.78. The number of ether oxygens (including phenoxy) is 1. The standard InChI is InChI=1S/C14H17BrCl2O3S/c1-2-9-5-3-4-6-12(9)20-14-11(16)7-10(15)8-13(14)21(17,18)19/h7-9,12H,2-6H2,1H3. The molecular formula is C14H17BrCl2O3S. The first-order chi connectivity index (χ1) is 9.82. The predicted molar refractivity (Wildman–Crippen MR) is 88.9 cm³/mol. The molecule has 1 aromatic rings. The second kappa shape index (κ2) is 7.07. The average molecular weight is 416 g/mol. The SMILES string of the molecule is CCC1CCCCC1Oc1c(Cl)cc(Br)cc1S(=O)(=O)Cl. The van der Waals surface area contributed by atoms with Crippen molar-refractivity contribution < 1.29 is 13.2 Å². The highest BCUT2D eigenvalue weighted by Crippen LogP contribution is 2.40. The Morgan fingerprint density at radius 3 is 2.62 bits per heavy atom. The normalized spacial score (nSPS) is 23.0. The van der Waals surface area contributed by atoms with Crippen LogP contribution in [0.1, 0.15) is 39.0 Å². The smallest absolute Gasteiger partial charge is 0.265 e. The van der Waals surface area contributed by atoms with Crippen LogP contribution in [0, 0.1) is 5.92 Å². The molecule has 0 radical (unpaired) electrons. The zero-order valence-corrected chi connectivity index (χ0v) is 15.5. The molecule has 1 fully saturated rings. The Balaban J connectivity index is 2.39. The molecule has 3 nitrogen and oxygen atoms in total. The largest absolute Gasteiger partial charge is 0.487 e. The summed E-state index contributed by atoms with van der Waals surface area (Å²) in [5.74, 6) is 0.588. The third-order valence-corrected chi connectivity index (χ3v) is 5.94. The van der Waals surface area contributed by atoms with Crippen molar-refractivity contribution in [2.24, 2.45) is 5.92 Å². The molecule has 2 unspecified atom stereocenters. The van der Waals surface area contributed by atoms with E-state index in [0.29, 0.717) is 10.4 Å². The molecule has 0 bridgehead atoms. The van der Waals surface area contributed by atoms with Gasteiger partial charge in [-0.15, -0.1) is 0 Å². The molecular weight excluding hydrogens is 399 g/mol. The Labute approximate surface area is 143 Å². The van der Waals surface area contributed by atoms with Crippen LogP contribution in [-0.2, 0) is 9.05 Å². The first-order valence-corrected chi connectivity index (χ1v) is 10.4. The Bertz CT molecular complexity index is 619. The van der Waals surface area contributed by atoms with Crippen LogP contribution >= 0.6 is 38.2 Å². The van der Waals surface area contributed by atoms with Gasteiger partial charge in [0.15, 0.2) is 5.75 Å². The van der Waals surface area contributed by atoms with Crippen LogP contribution < -0.4 is 4.74 Å². The van der Waals surface area contributed by atoms with Crippen molar-refractivity contribution in [3.63, 3.8) is 0 Å². The molecule has 2 atom stereocenters. The quantitative estimate of drug-likeness (QED) is 0.620. The Hall–Kier alpha value is 0.0300. The maximum atomic E-state index is 11.8. The fraction of sp³-hybridized carbons (Fsp3) is 0.571. The Morgan fingerprint density at radius 2 is 2.00 bits per heavy atom. The summed E-state index contributed by atoms with van der Waals surface area (Å²) >= 11 is 9.40. The van der Waals surface area contributed by atoms with Gasteiger partial charge in [0.25, 0.3) is 9.05 Å². The van der Waals surface area contributed by atoms with E-state index in [9.17, 15) is 8.42 Å². The third-order valence-electron chi connectivity index (χ3n) is 3.87. The highest BCUT2D eigenvalue weighted by Gasteiger charge is 2.29. The first-order valence-electron chi connectivity index (χ1n) is 6.93. The summed E-state index contributed by atoms with van der Waals surface area (Å²) in [6, 6.07) is 3.04. The van der Waals surface area contributed by atoms with Gasteiger partial charge in [-0.25, -0.2) is 8.42 Å². The molecule has 0 spiro atoms. The second-order valence-corrected chi connectivity index (χ2v) is 9.12. The maximum Gasteiger partial charge on any atom is 0.265 e. The molecule has 0 saturated heterocycles. The molecule has 1 aromatic carbocycles. The van der Waals surface area contributed by atoms with E-state index in [-0.39, 0.29) is 21.8 Å². The monoisotopic (exact) mass is 414 g/mol. The van der Waals surface area contributed by atoms with Gasteiger partial charge in [-0.2, -0.15) is 0 Å². The number of halogens is 3. The van der Waals surface area contributed by atoms with Crippen LogP contribution in [-0.4, -0.2) is 14.5 Å². The van der Waals surface area contributed by atoms with Gasteiger partial charge in [-0.3, -0.25) is 0 Å². The molecule has 2 rings (SSSR count). The van der Waals surface area contributed by atoms with Crippen molar-refractivity contribution in [2.45, 2.75) is 50.0 Å². The summed E-state index contributed by atoms with van der Waals surface area (Å²) < 4.78 is 30.1. The lowest BCUT2D eigenvalue weighted by molar-refractivity contribution is 0.0876. The molecule has 0 amide bonds. The van der Waals surface area contributed by atoms with Crippen LogP contribution in [0.15, 0.2) is 21.5 Å². The van der Waals surface area contributed by atoms with Crippen molar-refractivity contribution in [1.29, 1.82) is 0 Å². The van der Waals surface area contributed by atoms with Gasteiger partial charge in [0.05, 0.1) is 5.02 Å². The molecule has 21 heavy (non-hydrogen) atoms. The molecule has 1 aliphatic carbocycles. The van der Waals surface area contributed by atoms with Crippen LogP contribution in [0.3, 0.4) is 0 Å². The van der Waals surface area contributed by atoms with E-state index >= 15 is 0 Å². The van der Waals surface area contributed by atoms with Gasteiger partial charge in [-0.05, 0) is 43.7 Å². The van der Waals surface area contributed by atoms with Crippen molar-refractivity contribution >= 4 is 47.3 Å². The minimum atomic E-state index is -3.92. The number of hydrogen-bond donors (Lipinski definition) is 0. The van der Waals surface area contributed by atoms with Gasteiger partial charge in [-0.1, -0.05) is 40.9 Å². The molecule has 1 saturated carbocycles. The predicted octanol–water partition coefficient (Wildman–Crippen LogP) is 5.38. The summed E-state index contributed by atoms with van der Waals surface area (Å²) in [6.45, 7) is 2.12. The van der Waals surface area contributed by atoms with E-state index in [0.717, 1.165) is 25.7 Å². The van der Waals surface area contributed by atoms with Crippen LogP contribution in [0.25, 0.3) is 0 Å². The highest BCUT2D eigenvalue weighted by molar-refractivity contribution is 9.10. The number of rotatable bonds is 4. The van der Waals surface area contributed by atoms with Gasteiger partial charge in [0.1, 0.15) is 11.0 Å². The van der Waals surface area contributed by atoms with E-state index in [1.165, 1.54) is 12.5 Å². The minimum Gasteiger partial charge on any atom is -0.487 e. The first kappa shape index (κ1) is 17.4. The summed E-state index contributed by atoms with van der Waals surface area (Å²) in [5.41, 5.74) is 0. The van der Waals surface area contributed by atoms with Crippen molar-refractivity contribution in [3.05, 3.63) is 21.6 Å². The Kier molecular flexibility index (Phi) is 5.85. The zero-order valence-electron chi connectivity index (χ0n) is 11.6. The van der Waals surface area contributed by atoms with Gasteiger partial charge >= 0.3 is 0 Å². The lowest BCUT2D eigenvalue weighted by Gasteiger charge is -2.32. The molecule has 0 aromatic heterocycles. The number of benzene rings is 1. The molecule has 118 valence electrons.